The van der Waals surface area contributed by atoms with E-state index in [1.54, 1.807) is 18.2 Å². The van der Waals surface area contributed by atoms with Gasteiger partial charge in [-0.2, -0.15) is 10.2 Å². The number of phenolic OH excluding ortho intramolecular Hbond substituents is 1. The van der Waals surface area contributed by atoms with Crippen LogP contribution < -0.4 is 14.9 Å². The first kappa shape index (κ1) is 24.8. The van der Waals surface area contributed by atoms with Crippen LogP contribution in [0.3, 0.4) is 0 Å². The van der Waals surface area contributed by atoms with Crippen LogP contribution >= 0.6 is 0 Å². The van der Waals surface area contributed by atoms with Crippen LogP contribution in [0.1, 0.15) is 61.5 Å². The molecule has 3 rings (SSSR count). The number of rotatable bonds is 13. The Morgan fingerprint density at radius 2 is 1.85 bits per heavy atom. The van der Waals surface area contributed by atoms with Crippen molar-refractivity contribution in [1.29, 1.82) is 0 Å². The molecule has 0 aliphatic rings. The number of nitrogens with zero attached hydrogens (tertiary/aromatic N) is 2. The van der Waals surface area contributed by atoms with Crippen LogP contribution in [0.4, 0.5) is 0 Å². The molecular formula is C26H32N4O4. The smallest absolute Gasteiger partial charge is 0.289 e. The minimum absolute atomic E-state index is 0.0334. The Kier molecular flexibility index (Phi) is 9.52. The predicted octanol–water partition coefficient (Wildman–Crippen LogP) is 5.29. The third-order valence-corrected chi connectivity index (χ3v) is 5.32. The molecule has 0 radical (unpaired) electrons. The Balaban J connectivity index is 1.48. The van der Waals surface area contributed by atoms with Crippen molar-refractivity contribution < 1.29 is 19.4 Å². The minimum atomic E-state index is -0.417. The van der Waals surface area contributed by atoms with Gasteiger partial charge in [-0.1, -0.05) is 39.0 Å². The van der Waals surface area contributed by atoms with Crippen molar-refractivity contribution in [2.75, 3.05) is 13.7 Å². The van der Waals surface area contributed by atoms with Gasteiger partial charge in [-0.15, -0.1) is 0 Å². The Morgan fingerprint density at radius 1 is 1.09 bits per heavy atom. The molecule has 0 unspecified atom stereocenters. The van der Waals surface area contributed by atoms with E-state index in [1.807, 2.05) is 24.3 Å². The van der Waals surface area contributed by atoms with Crippen molar-refractivity contribution in [1.82, 2.24) is 15.6 Å². The molecular weight excluding hydrogens is 432 g/mol. The fourth-order valence-corrected chi connectivity index (χ4v) is 3.38. The molecule has 8 nitrogen and oxygen atoms in total. The van der Waals surface area contributed by atoms with Crippen LogP contribution in [0.15, 0.2) is 53.6 Å². The van der Waals surface area contributed by atoms with Gasteiger partial charge in [-0.3, -0.25) is 9.89 Å². The van der Waals surface area contributed by atoms with E-state index in [9.17, 15) is 9.90 Å². The summed E-state index contributed by atoms with van der Waals surface area (Å²) in [4.78, 5) is 12.4. The van der Waals surface area contributed by atoms with Crippen molar-refractivity contribution in [3.05, 3.63) is 59.8 Å². The highest BCUT2D eigenvalue weighted by Gasteiger charge is 2.11. The number of H-pyrrole nitrogens is 1. The molecule has 0 aliphatic heterocycles. The standard InChI is InChI=1S/C26H32N4O4/c1-3-4-5-6-7-8-15-34-21-12-10-20(11-13-21)22-17-23(29-28-22)26(32)30-27-18-19-9-14-24(31)25(16-19)33-2/h9-14,16-18,31H,3-8,15H2,1-2H3,(H,28,29)(H,30,32)/b27-18-. The van der Waals surface area contributed by atoms with E-state index >= 15 is 0 Å². The Hall–Kier alpha value is -3.81. The van der Waals surface area contributed by atoms with Gasteiger partial charge in [0.2, 0.25) is 0 Å². The molecule has 3 aromatic rings. The highest BCUT2D eigenvalue weighted by molar-refractivity contribution is 5.94. The first-order valence-electron chi connectivity index (χ1n) is 11.6. The van der Waals surface area contributed by atoms with Gasteiger partial charge in [0.15, 0.2) is 11.5 Å². The number of amides is 1. The number of carbonyl (C=O) groups is 1. The molecule has 0 atom stereocenters. The Morgan fingerprint density at radius 3 is 2.62 bits per heavy atom. The second-order valence-corrected chi connectivity index (χ2v) is 7.94. The lowest BCUT2D eigenvalue weighted by Crippen LogP contribution is -2.18. The van der Waals surface area contributed by atoms with Crippen LogP contribution in [0.25, 0.3) is 11.3 Å². The van der Waals surface area contributed by atoms with Crippen molar-refractivity contribution in [2.45, 2.75) is 45.4 Å². The molecule has 0 saturated carbocycles. The highest BCUT2D eigenvalue weighted by Crippen LogP contribution is 2.25. The minimum Gasteiger partial charge on any atom is -0.504 e. The number of hydrogen-bond donors (Lipinski definition) is 3. The van der Waals surface area contributed by atoms with Gasteiger partial charge in [-0.05, 0) is 60.5 Å². The molecule has 0 spiro atoms. The molecule has 8 heteroatoms. The number of aromatic amines is 1. The zero-order chi connectivity index (χ0) is 24.2. The SMILES string of the molecule is CCCCCCCCOc1ccc(-c2cc(C(=O)N/N=C\c3ccc(O)c(OC)c3)[nH]n2)cc1. The Bertz CT molecular complexity index is 1080. The van der Waals surface area contributed by atoms with Crippen molar-refractivity contribution in [2.24, 2.45) is 5.10 Å². The molecule has 3 N–H and O–H groups in total. The number of aromatic hydroxyl groups is 1. The van der Waals surface area contributed by atoms with E-state index in [-0.39, 0.29) is 5.75 Å². The maximum atomic E-state index is 12.4. The highest BCUT2D eigenvalue weighted by atomic mass is 16.5. The number of nitrogens with one attached hydrogen (secondary N) is 2. The quantitative estimate of drug-likeness (QED) is 0.181. The zero-order valence-electron chi connectivity index (χ0n) is 19.7. The molecule has 34 heavy (non-hydrogen) atoms. The summed E-state index contributed by atoms with van der Waals surface area (Å²) in [6.07, 6.45) is 8.85. The lowest BCUT2D eigenvalue weighted by molar-refractivity contribution is 0.0950. The van der Waals surface area contributed by atoms with Crippen LogP contribution in [0.2, 0.25) is 0 Å². The molecule has 1 heterocycles. The average Bonchev–Trinajstić information content (AvgIpc) is 3.35. The summed E-state index contributed by atoms with van der Waals surface area (Å²) < 4.78 is 10.9. The summed E-state index contributed by atoms with van der Waals surface area (Å²) in [5.41, 5.74) is 4.94. The van der Waals surface area contributed by atoms with Gasteiger partial charge in [0.05, 0.1) is 25.6 Å². The summed E-state index contributed by atoms with van der Waals surface area (Å²) in [5, 5.41) is 20.5. The largest absolute Gasteiger partial charge is 0.504 e. The molecule has 180 valence electrons. The molecule has 0 aliphatic carbocycles. The van der Waals surface area contributed by atoms with E-state index < -0.39 is 5.91 Å². The summed E-state index contributed by atoms with van der Waals surface area (Å²) in [7, 11) is 1.46. The van der Waals surface area contributed by atoms with E-state index in [0.717, 1.165) is 24.3 Å². The second kappa shape index (κ2) is 13.0. The zero-order valence-corrected chi connectivity index (χ0v) is 19.7. The normalized spacial score (nSPS) is 11.0. The Labute approximate surface area is 200 Å². The summed E-state index contributed by atoms with van der Waals surface area (Å²) >= 11 is 0. The third-order valence-electron chi connectivity index (χ3n) is 5.32. The van der Waals surface area contributed by atoms with Crippen molar-refractivity contribution in [3.8, 4) is 28.5 Å². The van der Waals surface area contributed by atoms with Gasteiger partial charge < -0.3 is 14.6 Å². The van der Waals surface area contributed by atoms with E-state index in [4.69, 9.17) is 9.47 Å². The average molecular weight is 465 g/mol. The fourth-order valence-electron chi connectivity index (χ4n) is 3.38. The number of phenols is 1. The summed E-state index contributed by atoms with van der Waals surface area (Å²) in [5.74, 6) is 0.768. The van der Waals surface area contributed by atoms with Gasteiger partial charge >= 0.3 is 0 Å². The maximum absolute atomic E-state index is 12.4. The maximum Gasteiger partial charge on any atom is 0.289 e. The van der Waals surface area contributed by atoms with Gasteiger partial charge in [0.1, 0.15) is 11.4 Å². The number of hydrogen-bond acceptors (Lipinski definition) is 6. The van der Waals surface area contributed by atoms with E-state index in [0.29, 0.717) is 22.7 Å². The predicted molar refractivity (Wildman–Crippen MR) is 133 cm³/mol. The molecule has 0 fully saturated rings. The molecule has 0 saturated heterocycles. The molecule has 1 aromatic heterocycles. The number of benzene rings is 2. The van der Waals surface area contributed by atoms with Gasteiger partial charge in [0.25, 0.3) is 5.91 Å². The second-order valence-electron chi connectivity index (χ2n) is 7.94. The first-order valence-corrected chi connectivity index (χ1v) is 11.6. The number of methoxy groups -OCH3 is 1. The van der Waals surface area contributed by atoms with Gasteiger partial charge in [-0.25, -0.2) is 5.43 Å². The topological polar surface area (TPSA) is 109 Å². The van der Waals surface area contributed by atoms with E-state index in [1.165, 1.54) is 51.5 Å². The van der Waals surface area contributed by atoms with E-state index in [2.05, 4.69) is 27.6 Å². The van der Waals surface area contributed by atoms with Crippen molar-refractivity contribution in [3.63, 3.8) is 0 Å². The van der Waals surface area contributed by atoms with Crippen LogP contribution in [0.5, 0.6) is 17.2 Å². The molecule has 2 aromatic carbocycles. The number of carbonyl (C=O) groups excluding carboxylic acids is 1. The monoisotopic (exact) mass is 464 g/mol. The summed E-state index contributed by atoms with van der Waals surface area (Å²) in [6.45, 7) is 2.94. The molecule has 1 amide bonds. The first-order chi connectivity index (χ1) is 16.6. The van der Waals surface area contributed by atoms with Gasteiger partial charge in [0, 0.05) is 5.56 Å². The fraction of sp³-hybridized carbons (Fsp3) is 0.346. The van der Waals surface area contributed by atoms with Crippen LogP contribution in [-0.4, -0.2) is 41.1 Å². The lowest BCUT2D eigenvalue weighted by atomic mass is 10.1. The van der Waals surface area contributed by atoms with Crippen LogP contribution in [0, 0.1) is 0 Å². The number of aromatic nitrogens is 2. The van der Waals surface area contributed by atoms with Crippen molar-refractivity contribution >= 4 is 12.1 Å². The van der Waals surface area contributed by atoms with Crippen LogP contribution in [-0.2, 0) is 0 Å². The number of unbranched alkanes of at least 4 members (excludes halogenated alkanes) is 5. The summed E-state index contributed by atoms with van der Waals surface area (Å²) in [6, 6.07) is 14.1. The third kappa shape index (κ3) is 7.37. The number of hydrazone groups is 1. The number of ether oxygens (including phenoxy) is 2. The lowest BCUT2D eigenvalue weighted by Gasteiger charge is -2.06. The molecule has 0 bridgehead atoms.